The molecule has 70 valence electrons. The molecule has 0 aliphatic carbocycles. The van der Waals surface area contributed by atoms with Gasteiger partial charge in [0.2, 0.25) is 5.95 Å². The fourth-order valence-corrected chi connectivity index (χ4v) is 1.46. The van der Waals surface area contributed by atoms with Crippen molar-refractivity contribution in [3.63, 3.8) is 0 Å². The van der Waals surface area contributed by atoms with Gasteiger partial charge in [-0.25, -0.2) is 5.01 Å². The quantitative estimate of drug-likeness (QED) is 0.365. The molecule has 0 amide bonds. The molecule has 1 aliphatic rings. The third kappa shape index (κ3) is 1.05. The van der Waals surface area contributed by atoms with Gasteiger partial charge < -0.3 is 11.5 Å². The molecule has 0 aromatic carbocycles. The molecule has 7 nitrogen and oxygen atoms in total. The first-order valence-corrected chi connectivity index (χ1v) is 3.79. The number of anilines is 2. The predicted molar refractivity (Wildman–Crippen MR) is 48.8 cm³/mol. The monoisotopic (exact) mass is 181 g/mol. The second-order valence-electron chi connectivity index (χ2n) is 2.99. The highest BCUT2D eigenvalue weighted by atomic mass is 15.4. The first-order valence-electron chi connectivity index (χ1n) is 3.79. The number of fused-ring (bicyclic) bond motifs is 1. The van der Waals surface area contributed by atoms with Gasteiger partial charge in [-0.2, -0.15) is 4.98 Å². The van der Waals surface area contributed by atoms with E-state index in [-0.39, 0.29) is 5.95 Å². The number of hydrogen-bond acceptors (Lipinski definition) is 6. The molecular weight excluding hydrogens is 170 g/mol. The molecule has 1 aliphatic heterocycles. The van der Waals surface area contributed by atoms with E-state index < -0.39 is 0 Å². The molecule has 7 heteroatoms. The van der Waals surface area contributed by atoms with Gasteiger partial charge in [0.1, 0.15) is 11.7 Å². The van der Waals surface area contributed by atoms with Gasteiger partial charge in [-0.1, -0.05) is 0 Å². The van der Waals surface area contributed by atoms with E-state index in [4.69, 9.17) is 22.7 Å². The van der Waals surface area contributed by atoms with Gasteiger partial charge in [-0.15, -0.1) is 0 Å². The molecule has 13 heavy (non-hydrogen) atoms. The van der Waals surface area contributed by atoms with Crippen LogP contribution in [-0.4, -0.2) is 26.9 Å². The van der Waals surface area contributed by atoms with Crippen molar-refractivity contribution in [1.82, 2.24) is 14.6 Å². The summed E-state index contributed by atoms with van der Waals surface area (Å²) in [5.74, 6) is 6.47. The summed E-state index contributed by atoms with van der Waals surface area (Å²) in [5.41, 5.74) is 11.9. The summed E-state index contributed by atoms with van der Waals surface area (Å²) < 4.78 is 1.53. The Morgan fingerprint density at radius 2 is 2.00 bits per heavy atom. The molecule has 0 spiro atoms. The molecule has 0 bridgehead atoms. The maximum absolute atomic E-state index is 7.62. The molecule has 1 aromatic heterocycles. The van der Waals surface area contributed by atoms with Crippen LogP contribution in [0.25, 0.3) is 0 Å². The highest BCUT2D eigenvalue weighted by Gasteiger charge is 2.23. The number of rotatable bonds is 0. The van der Waals surface area contributed by atoms with Gasteiger partial charge in [0.15, 0.2) is 0 Å². The third-order valence-corrected chi connectivity index (χ3v) is 2.01. The number of nitrogens with one attached hydrogen (secondary N) is 1. The van der Waals surface area contributed by atoms with Crippen molar-refractivity contribution in [1.29, 1.82) is 5.41 Å². The SMILES string of the molecule is N=C1CN(N)Cc2c(N)nc(N)n21. The molecule has 1 aromatic rings. The Labute approximate surface area is 74.6 Å². The molecule has 0 saturated heterocycles. The normalized spacial score (nSPS) is 17.5. The average Bonchev–Trinajstić information content (AvgIpc) is 2.27. The van der Waals surface area contributed by atoms with Crippen molar-refractivity contribution in [2.75, 3.05) is 18.0 Å². The lowest BCUT2D eigenvalue weighted by Crippen LogP contribution is -2.43. The fraction of sp³-hybridized carbons (Fsp3) is 0.333. The zero-order chi connectivity index (χ0) is 9.59. The van der Waals surface area contributed by atoms with E-state index in [1.54, 1.807) is 0 Å². The Morgan fingerprint density at radius 3 is 2.69 bits per heavy atom. The largest absolute Gasteiger partial charge is 0.382 e. The summed E-state index contributed by atoms with van der Waals surface area (Å²) >= 11 is 0. The molecule has 0 unspecified atom stereocenters. The predicted octanol–water partition coefficient (Wildman–Crippen LogP) is -1.44. The van der Waals surface area contributed by atoms with Crippen LogP contribution < -0.4 is 17.3 Å². The third-order valence-electron chi connectivity index (χ3n) is 2.01. The Bertz CT molecular complexity index is 365. The molecule has 2 rings (SSSR count). The van der Waals surface area contributed by atoms with E-state index in [9.17, 15) is 0 Å². The fourth-order valence-electron chi connectivity index (χ4n) is 1.46. The lowest BCUT2D eigenvalue weighted by atomic mass is 10.3. The van der Waals surface area contributed by atoms with Crippen molar-refractivity contribution in [2.24, 2.45) is 5.84 Å². The van der Waals surface area contributed by atoms with Crippen molar-refractivity contribution < 1.29 is 0 Å². The minimum absolute atomic E-state index is 0.255. The second kappa shape index (κ2) is 2.44. The number of nitrogens with zero attached hydrogens (tertiary/aromatic N) is 3. The van der Waals surface area contributed by atoms with Crippen LogP contribution in [0.4, 0.5) is 11.8 Å². The van der Waals surface area contributed by atoms with E-state index in [0.717, 1.165) is 0 Å². The summed E-state index contributed by atoms with van der Waals surface area (Å²) in [7, 11) is 0. The highest BCUT2D eigenvalue weighted by molar-refractivity contribution is 5.88. The maximum atomic E-state index is 7.62. The van der Waals surface area contributed by atoms with Crippen LogP contribution in [0, 0.1) is 5.41 Å². The Hall–Kier alpha value is -1.60. The lowest BCUT2D eigenvalue weighted by Gasteiger charge is -2.24. The summed E-state index contributed by atoms with van der Waals surface area (Å²) in [6.07, 6.45) is 0. The Kier molecular flexibility index (Phi) is 1.51. The smallest absolute Gasteiger partial charge is 0.208 e. The Morgan fingerprint density at radius 1 is 1.31 bits per heavy atom. The van der Waals surface area contributed by atoms with Crippen molar-refractivity contribution in [2.45, 2.75) is 6.54 Å². The van der Waals surface area contributed by atoms with Gasteiger partial charge in [-0.3, -0.25) is 15.8 Å². The van der Waals surface area contributed by atoms with Gasteiger partial charge in [0.25, 0.3) is 0 Å². The van der Waals surface area contributed by atoms with Gasteiger partial charge >= 0.3 is 0 Å². The summed E-state index contributed by atoms with van der Waals surface area (Å²) in [4.78, 5) is 3.87. The number of aromatic nitrogens is 2. The zero-order valence-corrected chi connectivity index (χ0v) is 6.99. The molecule has 0 atom stereocenters. The topological polar surface area (TPSA) is 123 Å². The van der Waals surface area contributed by atoms with E-state index in [0.29, 0.717) is 30.4 Å². The lowest BCUT2D eigenvalue weighted by molar-refractivity contribution is 0.295. The van der Waals surface area contributed by atoms with Crippen LogP contribution in [0.3, 0.4) is 0 Å². The van der Waals surface area contributed by atoms with Crippen LogP contribution in [0.5, 0.6) is 0 Å². The number of imidazole rings is 1. The molecule has 0 saturated carbocycles. The van der Waals surface area contributed by atoms with E-state index >= 15 is 0 Å². The minimum atomic E-state index is 0.255. The van der Waals surface area contributed by atoms with Gasteiger partial charge in [-0.05, 0) is 0 Å². The number of hydrazine groups is 1. The van der Waals surface area contributed by atoms with Gasteiger partial charge in [0, 0.05) is 0 Å². The molecule has 0 fully saturated rings. The molecule has 0 radical (unpaired) electrons. The standard InChI is InChI=1S/C6H11N7/c7-4-2-12(10)1-3-5(8)11-6(9)13(3)4/h7H,1-2,8,10H2,(H2,9,11). The molecule has 2 heterocycles. The average molecular weight is 181 g/mol. The second-order valence-corrected chi connectivity index (χ2v) is 2.99. The zero-order valence-electron chi connectivity index (χ0n) is 6.99. The number of hydrogen-bond donors (Lipinski definition) is 4. The highest BCUT2D eigenvalue weighted by Crippen LogP contribution is 2.20. The van der Waals surface area contributed by atoms with Crippen LogP contribution in [0.15, 0.2) is 0 Å². The Balaban J connectivity index is 2.57. The molecule has 7 N–H and O–H groups in total. The number of nitrogens with two attached hydrogens (primary N) is 3. The van der Waals surface area contributed by atoms with Crippen molar-refractivity contribution >= 4 is 17.6 Å². The van der Waals surface area contributed by atoms with E-state index in [2.05, 4.69) is 4.98 Å². The summed E-state index contributed by atoms with van der Waals surface area (Å²) in [6, 6.07) is 0. The summed E-state index contributed by atoms with van der Waals surface area (Å²) in [6.45, 7) is 0.825. The van der Waals surface area contributed by atoms with E-state index in [1.807, 2.05) is 0 Å². The van der Waals surface area contributed by atoms with Crippen LogP contribution in [0.2, 0.25) is 0 Å². The summed E-state index contributed by atoms with van der Waals surface area (Å²) in [5, 5.41) is 9.12. The van der Waals surface area contributed by atoms with Crippen molar-refractivity contribution in [3.8, 4) is 0 Å². The van der Waals surface area contributed by atoms with Crippen LogP contribution >= 0.6 is 0 Å². The molecular formula is C6H11N7. The first kappa shape index (κ1) is 8.02. The minimum Gasteiger partial charge on any atom is -0.382 e. The van der Waals surface area contributed by atoms with Crippen molar-refractivity contribution in [3.05, 3.63) is 5.69 Å². The van der Waals surface area contributed by atoms with Gasteiger partial charge in [0.05, 0.1) is 18.8 Å². The maximum Gasteiger partial charge on any atom is 0.208 e. The first-order chi connectivity index (χ1) is 6.09. The number of nitrogen functional groups attached to an aromatic ring is 2. The van der Waals surface area contributed by atoms with E-state index in [1.165, 1.54) is 9.58 Å². The van der Waals surface area contributed by atoms with Crippen LogP contribution in [-0.2, 0) is 6.54 Å². The van der Waals surface area contributed by atoms with Crippen LogP contribution in [0.1, 0.15) is 5.69 Å².